The van der Waals surface area contributed by atoms with Crippen LogP contribution < -0.4 is 5.73 Å². The predicted octanol–water partition coefficient (Wildman–Crippen LogP) is 2.99. The molecule has 2 rings (SSSR count). The van der Waals surface area contributed by atoms with Crippen molar-refractivity contribution in [2.75, 3.05) is 0 Å². The summed E-state index contributed by atoms with van der Waals surface area (Å²) in [5.41, 5.74) is 7.11. The number of hydrogen-bond donors (Lipinski definition) is 1. The number of halogens is 2. The Morgan fingerprint density at radius 1 is 1.40 bits per heavy atom. The third-order valence-electron chi connectivity index (χ3n) is 2.66. The van der Waals surface area contributed by atoms with Crippen molar-refractivity contribution < 1.29 is 8.78 Å². The number of benzene rings is 1. The summed E-state index contributed by atoms with van der Waals surface area (Å²) in [4.78, 5) is 0. The van der Waals surface area contributed by atoms with Crippen molar-refractivity contribution in [2.45, 2.75) is 30.4 Å². The van der Waals surface area contributed by atoms with Crippen molar-refractivity contribution >= 4 is 11.8 Å². The molecule has 1 aliphatic heterocycles. The van der Waals surface area contributed by atoms with Gasteiger partial charge in [-0.1, -0.05) is 6.92 Å². The van der Waals surface area contributed by atoms with Crippen LogP contribution in [0.3, 0.4) is 0 Å². The number of fused-ring (bicyclic) bond motifs is 1. The van der Waals surface area contributed by atoms with Gasteiger partial charge in [0, 0.05) is 28.7 Å². The van der Waals surface area contributed by atoms with Gasteiger partial charge in [0.15, 0.2) is 0 Å². The highest BCUT2D eigenvalue weighted by atomic mass is 32.2. The van der Waals surface area contributed by atoms with Crippen molar-refractivity contribution in [2.24, 2.45) is 5.73 Å². The summed E-state index contributed by atoms with van der Waals surface area (Å²) < 4.78 is 26.6. The Morgan fingerprint density at radius 2 is 2.13 bits per heavy atom. The maximum atomic E-state index is 13.6. The van der Waals surface area contributed by atoms with Crippen molar-refractivity contribution in [1.82, 2.24) is 0 Å². The second-order valence-corrected chi connectivity index (χ2v) is 5.35. The molecule has 0 aliphatic carbocycles. The zero-order chi connectivity index (χ0) is 11.0. The van der Waals surface area contributed by atoms with Crippen LogP contribution in [-0.2, 0) is 5.75 Å². The Balaban J connectivity index is 2.48. The van der Waals surface area contributed by atoms with E-state index in [2.05, 4.69) is 6.92 Å². The highest BCUT2D eigenvalue weighted by Gasteiger charge is 2.23. The molecule has 0 saturated heterocycles. The van der Waals surface area contributed by atoms with Gasteiger partial charge < -0.3 is 5.73 Å². The highest BCUT2D eigenvalue weighted by Crippen LogP contribution is 2.35. The summed E-state index contributed by atoms with van der Waals surface area (Å²) >= 11 is 1.69. The number of hydrogen-bond acceptors (Lipinski definition) is 2. The van der Waals surface area contributed by atoms with Gasteiger partial charge in [-0.25, -0.2) is 8.78 Å². The summed E-state index contributed by atoms with van der Waals surface area (Å²) in [6.07, 6.45) is 0.736. The van der Waals surface area contributed by atoms with Crippen molar-refractivity contribution in [3.8, 4) is 0 Å². The number of rotatable bonds is 0. The second-order valence-electron chi connectivity index (χ2n) is 3.92. The molecule has 0 aromatic heterocycles. The van der Waals surface area contributed by atoms with E-state index >= 15 is 0 Å². The average Bonchev–Trinajstić information content (AvgIpc) is 2.25. The second kappa shape index (κ2) is 4.10. The van der Waals surface area contributed by atoms with Crippen LogP contribution in [-0.4, -0.2) is 5.25 Å². The van der Waals surface area contributed by atoms with E-state index in [0.717, 1.165) is 12.5 Å². The van der Waals surface area contributed by atoms with Crippen LogP contribution in [0.4, 0.5) is 8.78 Å². The molecule has 0 saturated carbocycles. The molecule has 0 bridgehead atoms. The molecule has 0 radical (unpaired) electrons. The average molecular weight is 229 g/mol. The molecule has 2 unspecified atom stereocenters. The van der Waals surface area contributed by atoms with E-state index in [9.17, 15) is 8.78 Å². The molecule has 15 heavy (non-hydrogen) atoms. The first-order chi connectivity index (χ1) is 7.08. The highest BCUT2D eigenvalue weighted by molar-refractivity contribution is 7.99. The third-order valence-corrected chi connectivity index (χ3v) is 3.90. The normalized spacial score (nSPS) is 25.9. The lowest BCUT2D eigenvalue weighted by atomic mass is 9.98. The quantitative estimate of drug-likeness (QED) is 0.740. The predicted molar refractivity (Wildman–Crippen MR) is 58.7 cm³/mol. The number of nitrogens with two attached hydrogens (primary N) is 1. The van der Waals surface area contributed by atoms with E-state index in [1.54, 1.807) is 11.8 Å². The summed E-state index contributed by atoms with van der Waals surface area (Å²) in [5.74, 6) is -0.389. The van der Waals surface area contributed by atoms with Gasteiger partial charge in [-0.05, 0) is 18.1 Å². The molecule has 1 aromatic carbocycles. The van der Waals surface area contributed by atoms with Gasteiger partial charge in [-0.15, -0.1) is 0 Å². The molecule has 2 N–H and O–H groups in total. The molecule has 0 spiro atoms. The van der Waals surface area contributed by atoms with Crippen LogP contribution >= 0.6 is 11.8 Å². The van der Waals surface area contributed by atoms with E-state index < -0.39 is 11.6 Å². The molecule has 0 amide bonds. The molecule has 1 aromatic rings. The summed E-state index contributed by atoms with van der Waals surface area (Å²) in [6.45, 7) is 2.06. The molecular weight excluding hydrogens is 216 g/mol. The fourth-order valence-corrected chi connectivity index (χ4v) is 2.99. The van der Waals surface area contributed by atoms with E-state index in [0.29, 0.717) is 22.1 Å². The lowest BCUT2D eigenvalue weighted by molar-refractivity contribution is 0.542. The van der Waals surface area contributed by atoms with Gasteiger partial charge in [-0.3, -0.25) is 0 Å². The zero-order valence-electron chi connectivity index (χ0n) is 8.47. The maximum Gasteiger partial charge on any atom is 0.131 e. The van der Waals surface area contributed by atoms with Gasteiger partial charge in [0.25, 0.3) is 0 Å². The molecule has 82 valence electrons. The van der Waals surface area contributed by atoms with Crippen molar-refractivity contribution in [3.05, 3.63) is 34.9 Å². The van der Waals surface area contributed by atoms with Crippen LogP contribution in [0.1, 0.15) is 30.5 Å². The summed E-state index contributed by atoms with van der Waals surface area (Å²) in [5, 5.41) is 0.384. The molecule has 1 nitrogen and oxygen atoms in total. The fraction of sp³-hybridized carbons (Fsp3) is 0.455. The van der Waals surface area contributed by atoms with E-state index in [1.165, 1.54) is 6.07 Å². The maximum absolute atomic E-state index is 13.6. The Hall–Kier alpha value is -0.610. The molecular formula is C11H13F2NS. The minimum Gasteiger partial charge on any atom is -0.324 e. The minimum absolute atomic E-state index is 0.314. The largest absolute Gasteiger partial charge is 0.324 e. The van der Waals surface area contributed by atoms with Gasteiger partial charge in [0.2, 0.25) is 0 Å². The zero-order valence-corrected chi connectivity index (χ0v) is 9.28. The third kappa shape index (κ3) is 2.16. The SMILES string of the molecule is CC1CC(N)c2c(F)cc(F)cc2CS1. The van der Waals surface area contributed by atoms with Crippen LogP contribution in [0.5, 0.6) is 0 Å². The number of thioether (sulfide) groups is 1. The van der Waals surface area contributed by atoms with Crippen LogP contribution in [0.2, 0.25) is 0 Å². The van der Waals surface area contributed by atoms with Crippen molar-refractivity contribution in [3.63, 3.8) is 0 Å². The lowest BCUT2D eigenvalue weighted by Gasteiger charge is -2.14. The molecule has 2 atom stereocenters. The van der Waals surface area contributed by atoms with Crippen LogP contribution in [0.15, 0.2) is 12.1 Å². The molecule has 0 fully saturated rings. The molecule has 1 aliphatic rings. The van der Waals surface area contributed by atoms with E-state index in [-0.39, 0.29) is 6.04 Å². The van der Waals surface area contributed by atoms with Crippen LogP contribution in [0, 0.1) is 11.6 Å². The summed E-state index contributed by atoms with van der Waals surface area (Å²) in [7, 11) is 0. The molecule has 1 heterocycles. The minimum atomic E-state index is -0.520. The van der Waals surface area contributed by atoms with Crippen LogP contribution in [0.25, 0.3) is 0 Å². The Labute approximate surface area is 92.0 Å². The van der Waals surface area contributed by atoms with Gasteiger partial charge in [0.05, 0.1) is 0 Å². The lowest BCUT2D eigenvalue weighted by Crippen LogP contribution is -2.16. The monoisotopic (exact) mass is 229 g/mol. The summed E-state index contributed by atoms with van der Waals surface area (Å²) in [6, 6.07) is 1.99. The standard InChI is InChI=1S/C11H13F2NS/c1-6-2-10(14)11-7(5-15-6)3-8(12)4-9(11)13/h3-4,6,10H,2,5,14H2,1H3. The van der Waals surface area contributed by atoms with Crippen molar-refractivity contribution in [1.29, 1.82) is 0 Å². The van der Waals surface area contributed by atoms with Gasteiger partial charge in [-0.2, -0.15) is 11.8 Å². The Morgan fingerprint density at radius 3 is 2.87 bits per heavy atom. The molecule has 4 heteroatoms. The Bertz CT molecular complexity index is 381. The van der Waals surface area contributed by atoms with Gasteiger partial charge >= 0.3 is 0 Å². The van der Waals surface area contributed by atoms with E-state index in [4.69, 9.17) is 5.73 Å². The topological polar surface area (TPSA) is 26.0 Å². The first-order valence-electron chi connectivity index (χ1n) is 4.93. The van der Waals surface area contributed by atoms with Gasteiger partial charge in [0.1, 0.15) is 11.6 Å². The Kier molecular flexibility index (Phi) is 2.98. The smallest absolute Gasteiger partial charge is 0.131 e. The first kappa shape index (κ1) is 10.9. The van der Waals surface area contributed by atoms with E-state index in [1.807, 2.05) is 0 Å². The first-order valence-corrected chi connectivity index (χ1v) is 5.98. The fourth-order valence-electron chi connectivity index (χ4n) is 1.95.